The average molecular weight is 216 g/mol. The molecule has 0 bridgehead atoms. The lowest BCUT2D eigenvalue weighted by Gasteiger charge is -2.03. The Hall–Kier alpha value is -1.77. The predicted octanol–water partition coefficient (Wildman–Crippen LogP) is 2.51. The van der Waals surface area contributed by atoms with Crippen LogP contribution in [0.1, 0.15) is 25.3 Å². The fourth-order valence-electron chi connectivity index (χ4n) is 1.73. The lowest BCUT2D eigenvalue weighted by molar-refractivity contribution is 0.794. The van der Waals surface area contributed by atoms with Crippen LogP contribution in [0.5, 0.6) is 0 Å². The first-order chi connectivity index (χ1) is 7.81. The fourth-order valence-corrected chi connectivity index (χ4v) is 1.73. The minimum absolute atomic E-state index is 0.0960. The lowest BCUT2D eigenvalue weighted by atomic mass is 10.1. The highest BCUT2D eigenvalue weighted by Crippen LogP contribution is 2.10. The van der Waals surface area contributed by atoms with Crippen molar-refractivity contribution in [3.63, 3.8) is 0 Å². The van der Waals surface area contributed by atoms with Gasteiger partial charge in [-0.1, -0.05) is 25.5 Å². The molecule has 0 unspecified atom stereocenters. The highest BCUT2D eigenvalue weighted by atomic mass is 16.1. The van der Waals surface area contributed by atoms with Crippen molar-refractivity contribution >= 4 is 0 Å². The monoisotopic (exact) mass is 216 g/mol. The number of hydrogen-bond acceptors (Lipinski definition) is 1. The van der Waals surface area contributed by atoms with E-state index in [2.05, 4.69) is 24.0 Å². The van der Waals surface area contributed by atoms with Crippen molar-refractivity contribution in [3.05, 3.63) is 52.7 Å². The lowest BCUT2D eigenvalue weighted by Crippen LogP contribution is -2.13. The normalized spacial score (nSPS) is 10.6. The van der Waals surface area contributed by atoms with Gasteiger partial charge in [0, 0.05) is 12.4 Å². The van der Waals surface area contributed by atoms with Crippen LogP contribution in [0.4, 0.5) is 0 Å². The molecule has 0 saturated heterocycles. The van der Waals surface area contributed by atoms with Crippen LogP contribution in [0.25, 0.3) is 5.69 Å². The molecule has 84 valence electrons. The number of H-pyrrole nitrogens is 1. The van der Waals surface area contributed by atoms with Gasteiger partial charge in [-0.25, -0.2) is 4.79 Å². The standard InChI is InChI=1S/C13H16N2O/c1-2-3-4-11-5-7-12(8-6-11)15-10-9-14-13(15)16/h5-10H,2-4H2,1H3,(H,14,16). The Morgan fingerprint density at radius 3 is 2.56 bits per heavy atom. The molecule has 0 aliphatic carbocycles. The summed E-state index contributed by atoms with van der Waals surface area (Å²) in [5, 5.41) is 0. The average Bonchev–Trinajstić information content (AvgIpc) is 2.74. The number of aryl methyl sites for hydroxylation is 1. The van der Waals surface area contributed by atoms with E-state index in [4.69, 9.17) is 0 Å². The largest absolute Gasteiger partial charge is 0.330 e. The zero-order valence-electron chi connectivity index (χ0n) is 9.44. The number of rotatable bonds is 4. The van der Waals surface area contributed by atoms with E-state index in [9.17, 15) is 4.79 Å². The Labute approximate surface area is 94.7 Å². The van der Waals surface area contributed by atoms with E-state index < -0.39 is 0 Å². The maximum atomic E-state index is 11.4. The number of aromatic amines is 1. The summed E-state index contributed by atoms with van der Waals surface area (Å²) in [5.74, 6) is 0. The van der Waals surface area contributed by atoms with Gasteiger partial charge in [0.15, 0.2) is 0 Å². The van der Waals surface area contributed by atoms with Crippen molar-refractivity contribution in [1.82, 2.24) is 9.55 Å². The second-order valence-corrected chi connectivity index (χ2v) is 3.91. The maximum Gasteiger partial charge on any atom is 0.330 e. The number of nitrogens with zero attached hydrogens (tertiary/aromatic N) is 1. The molecule has 0 fully saturated rings. The van der Waals surface area contributed by atoms with Gasteiger partial charge in [-0.05, 0) is 30.5 Å². The van der Waals surface area contributed by atoms with Crippen molar-refractivity contribution < 1.29 is 0 Å². The summed E-state index contributed by atoms with van der Waals surface area (Å²) in [6.07, 6.45) is 6.91. The summed E-state index contributed by atoms with van der Waals surface area (Å²) in [5.41, 5.74) is 2.14. The molecule has 0 aliphatic heterocycles. The van der Waals surface area contributed by atoms with Crippen LogP contribution in [0.3, 0.4) is 0 Å². The molecule has 1 N–H and O–H groups in total. The predicted molar refractivity (Wildman–Crippen MR) is 65.0 cm³/mol. The molecule has 3 nitrogen and oxygen atoms in total. The molecular formula is C13H16N2O. The first-order valence-corrected chi connectivity index (χ1v) is 5.66. The number of benzene rings is 1. The smallest absolute Gasteiger partial charge is 0.312 e. The molecule has 2 rings (SSSR count). The van der Waals surface area contributed by atoms with Crippen LogP contribution in [0.2, 0.25) is 0 Å². The van der Waals surface area contributed by atoms with E-state index in [-0.39, 0.29) is 5.69 Å². The van der Waals surface area contributed by atoms with Crippen LogP contribution in [-0.4, -0.2) is 9.55 Å². The Bertz CT molecular complexity index is 493. The molecule has 1 aromatic carbocycles. The summed E-state index contributed by atoms with van der Waals surface area (Å²) < 4.78 is 1.60. The van der Waals surface area contributed by atoms with Crippen LogP contribution < -0.4 is 5.69 Å². The third-order valence-electron chi connectivity index (χ3n) is 2.68. The van der Waals surface area contributed by atoms with Crippen molar-refractivity contribution in [2.45, 2.75) is 26.2 Å². The van der Waals surface area contributed by atoms with E-state index in [0.717, 1.165) is 12.1 Å². The van der Waals surface area contributed by atoms with Gasteiger partial charge in [0.25, 0.3) is 0 Å². The first kappa shape index (κ1) is 10.7. The van der Waals surface area contributed by atoms with Gasteiger partial charge in [-0.3, -0.25) is 4.57 Å². The molecule has 1 aromatic heterocycles. The Morgan fingerprint density at radius 2 is 2.00 bits per heavy atom. The van der Waals surface area contributed by atoms with Crippen molar-refractivity contribution in [1.29, 1.82) is 0 Å². The molecule has 0 amide bonds. The molecule has 1 heterocycles. The third-order valence-corrected chi connectivity index (χ3v) is 2.68. The molecular weight excluding hydrogens is 200 g/mol. The molecule has 0 aliphatic rings. The molecule has 2 aromatic rings. The Kier molecular flexibility index (Phi) is 3.25. The second-order valence-electron chi connectivity index (χ2n) is 3.91. The van der Waals surface area contributed by atoms with Crippen LogP contribution in [0.15, 0.2) is 41.5 Å². The summed E-state index contributed by atoms with van der Waals surface area (Å²) in [7, 11) is 0. The summed E-state index contributed by atoms with van der Waals surface area (Å²) in [4.78, 5) is 14.0. The van der Waals surface area contributed by atoms with Crippen LogP contribution >= 0.6 is 0 Å². The summed E-state index contributed by atoms with van der Waals surface area (Å²) in [6.45, 7) is 2.19. The molecule has 0 radical (unpaired) electrons. The van der Waals surface area contributed by atoms with Crippen molar-refractivity contribution in [3.8, 4) is 5.69 Å². The number of unbranched alkanes of at least 4 members (excludes halogenated alkanes) is 1. The SMILES string of the molecule is CCCCc1ccc(-n2cc[nH]c2=O)cc1. The van der Waals surface area contributed by atoms with Crippen LogP contribution in [-0.2, 0) is 6.42 Å². The van der Waals surface area contributed by atoms with Gasteiger partial charge in [-0.15, -0.1) is 0 Å². The zero-order chi connectivity index (χ0) is 11.4. The number of imidazole rings is 1. The number of aromatic nitrogens is 2. The van der Waals surface area contributed by atoms with Gasteiger partial charge in [-0.2, -0.15) is 0 Å². The minimum Gasteiger partial charge on any atom is -0.312 e. The van der Waals surface area contributed by atoms with E-state index in [1.54, 1.807) is 17.0 Å². The zero-order valence-corrected chi connectivity index (χ0v) is 9.44. The van der Waals surface area contributed by atoms with Gasteiger partial charge < -0.3 is 4.98 Å². The molecule has 16 heavy (non-hydrogen) atoms. The van der Waals surface area contributed by atoms with Gasteiger partial charge in [0.2, 0.25) is 0 Å². The van der Waals surface area contributed by atoms with Crippen LogP contribution in [0, 0.1) is 0 Å². The number of nitrogens with one attached hydrogen (secondary N) is 1. The Morgan fingerprint density at radius 1 is 1.25 bits per heavy atom. The van der Waals surface area contributed by atoms with Gasteiger partial charge >= 0.3 is 5.69 Å². The fraction of sp³-hybridized carbons (Fsp3) is 0.308. The molecule has 0 atom stereocenters. The second kappa shape index (κ2) is 4.84. The van der Waals surface area contributed by atoms with Crippen molar-refractivity contribution in [2.24, 2.45) is 0 Å². The topological polar surface area (TPSA) is 37.8 Å². The molecule has 0 spiro atoms. The Balaban J connectivity index is 2.20. The minimum atomic E-state index is -0.0960. The highest BCUT2D eigenvalue weighted by molar-refractivity contribution is 5.34. The van der Waals surface area contributed by atoms with Crippen molar-refractivity contribution in [2.75, 3.05) is 0 Å². The van der Waals surface area contributed by atoms with Gasteiger partial charge in [0.1, 0.15) is 0 Å². The molecule has 3 heteroatoms. The quantitative estimate of drug-likeness (QED) is 0.837. The summed E-state index contributed by atoms with van der Waals surface area (Å²) >= 11 is 0. The van der Waals surface area contributed by atoms with E-state index in [1.165, 1.54) is 18.4 Å². The highest BCUT2D eigenvalue weighted by Gasteiger charge is 1.99. The van der Waals surface area contributed by atoms with E-state index in [1.807, 2.05) is 12.1 Å². The van der Waals surface area contributed by atoms with Gasteiger partial charge in [0.05, 0.1) is 5.69 Å². The first-order valence-electron chi connectivity index (χ1n) is 5.66. The molecule has 0 saturated carbocycles. The third kappa shape index (κ3) is 2.24. The van der Waals surface area contributed by atoms with E-state index >= 15 is 0 Å². The summed E-state index contributed by atoms with van der Waals surface area (Å²) in [6, 6.07) is 8.15. The number of hydrogen-bond donors (Lipinski definition) is 1. The van der Waals surface area contributed by atoms with E-state index in [0.29, 0.717) is 0 Å². The maximum absolute atomic E-state index is 11.4.